The van der Waals surface area contributed by atoms with Crippen molar-refractivity contribution in [2.45, 2.75) is 51.9 Å². The van der Waals surface area contributed by atoms with E-state index in [2.05, 4.69) is 24.2 Å². The van der Waals surface area contributed by atoms with Crippen LogP contribution in [0.5, 0.6) is 0 Å². The van der Waals surface area contributed by atoms with Gasteiger partial charge in [0.2, 0.25) is 5.91 Å². The van der Waals surface area contributed by atoms with E-state index in [0.29, 0.717) is 11.8 Å². The van der Waals surface area contributed by atoms with Crippen molar-refractivity contribution in [2.75, 3.05) is 26.7 Å². The third-order valence-corrected chi connectivity index (χ3v) is 4.83. The summed E-state index contributed by atoms with van der Waals surface area (Å²) in [5, 5.41) is 3.17. The molecule has 0 aromatic heterocycles. The van der Waals surface area contributed by atoms with E-state index in [-0.39, 0.29) is 5.91 Å². The Kier molecular flexibility index (Phi) is 5.68. The molecule has 3 nitrogen and oxygen atoms in total. The van der Waals surface area contributed by atoms with E-state index in [9.17, 15) is 4.79 Å². The van der Waals surface area contributed by atoms with Gasteiger partial charge in [0.25, 0.3) is 0 Å². The Morgan fingerprint density at radius 1 is 1.21 bits per heavy atom. The number of amides is 1. The van der Waals surface area contributed by atoms with Crippen LogP contribution in [-0.2, 0) is 4.79 Å². The zero-order valence-corrected chi connectivity index (χ0v) is 12.7. The Bertz CT molecular complexity index is 292. The Hall–Kier alpha value is -0.570. The summed E-state index contributed by atoms with van der Waals surface area (Å²) in [6, 6.07) is 0. The zero-order chi connectivity index (χ0) is 13.7. The molecule has 0 spiro atoms. The van der Waals surface area contributed by atoms with Crippen molar-refractivity contribution in [2.24, 2.45) is 17.8 Å². The highest BCUT2D eigenvalue weighted by Crippen LogP contribution is 2.30. The number of carbonyl (C=O) groups is 1. The number of nitrogens with zero attached hydrogens (tertiary/aromatic N) is 1. The molecular formula is C16H30N2O. The fraction of sp³-hybridized carbons (Fsp3) is 0.938. The van der Waals surface area contributed by atoms with Gasteiger partial charge in [0, 0.05) is 19.5 Å². The van der Waals surface area contributed by atoms with Crippen LogP contribution in [-0.4, -0.2) is 37.5 Å². The van der Waals surface area contributed by atoms with Crippen molar-refractivity contribution >= 4 is 5.91 Å². The number of hydrogen-bond donors (Lipinski definition) is 1. The second-order valence-corrected chi connectivity index (χ2v) is 6.92. The molecule has 2 rings (SSSR count). The van der Waals surface area contributed by atoms with Crippen LogP contribution in [0.4, 0.5) is 0 Å². The molecule has 3 atom stereocenters. The van der Waals surface area contributed by atoms with Crippen LogP contribution in [0.3, 0.4) is 0 Å². The smallest absolute Gasteiger partial charge is 0.220 e. The van der Waals surface area contributed by atoms with E-state index < -0.39 is 0 Å². The van der Waals surface area contributed by atoms with Crippen LogP contribution >= 0.6 is 0 Å². The maximum Gasteiger partial charge on any atom is 0.220 e. The van der Waals surface area contributed by atoms with Crippen LogP contribution in [0.2, 0.25) is 0 Å². The predicted octanol–water partition coefficient (Wildman–Crippen LogP) is 2.66. The molecule has 1 saturated carbocycles. The van der Waals surface area contributed by atoms with Gasteiger partial charge in [0.1, 0.15) is 0 Å². The first-order valence-corrected chi connectivity index (χ1v) is 8.08. The summed E-state index contributed by atoms with van der Waals surface area (Å²) in [4.78, 5) is 14.4. The Morgan fingerprint density at radius 3 is 2.74 bits per heavy atom. The maximum atomic E-state index is 12.0. The highest BCUT2D eigenvalue weighted by Gasteiger charge is 2.22. The van der Waals surface area contributed by atoms with Gasteiger partial charge in [-0.15, -0.1) is 0 Å². The van der Waals surface area contributed by atoms with Crippen molar-refractivity contribution < 1.29 is 4.79 Å². The second-order valence-electron chi connectivity index (χ2n) is 6.92. The van der Waals surface area contributed by atoms with Gasteiger partial charge in [-0.1, -0.05) is 19.8 Å². The fourth-order valence-electron chi connectivity index (χ4n) is 3.78. The molecule has 1 amide bonds. The number of hydrogen-bond acceptors (Lipinski definition) is 2. The SMILES string of the molecule is C[C@@H]1CCC[C@@H](CC(=O)NC[C@@H]2CCCN(C)C2)C1. The van der Waals surface area contributed by atoms with Gasteiger partial charge >= 0.3 is 0 Å². The first-order valence-electron chi connectivity index (χ1n) is 8.08. The predicted molar refractivity (Wildman–Crippen MR) is 79.0 cm³/mol. The number of likely N-dealkylation sites (tertiary alicyclic amines) is 1. The van der Waals surface area contributed by atoms with Gasteiger partial charge in [0.15, 0.2) is 0 Å². The average Bonchev–Trinajstić information content (AvgIpc) is 2.36. The van der Waals surface area contributed by atoms with Crippen LogP contribution in [0, 0.1) is 17.8 Å². The van der Waals surface area contributed by atoms with Gasteiger partial charge in [0.05, 0.1) is 0 Å². The molecule has 0 aromatic carbocycles. The average molecular weight is 266 g/mol. The quantitative estimate of drug-likeness (QED) is 0.848. The summed E-state index contributed by atoms with van der Waals surface area (Å²) in [6.07, 6.45) is 8.47. The van der Waals surface area contributed by atoms with Gasteiger partial charge in [-0.2, -0.15) is 0 Å². The molecule has 3 heteroatoms. The van der Waals surface area contributed by atoms with Gasteiger partial charge in [-0.25, -0.2) is 0 Å². The van der Waals surface area contributed by atoms with Gasteiger partial charge < -0.3 is 10.2 Å². The molecule has 2 aliphatic rings. The third kappa shape index (κ3) is 5.13. The van der Waals surface area contributed by atoms with Crippen molar-refractivity contribution in [1.82, 2.24) is 10.2 Å². The monoisotopic (exact) mass is 266 g/mol. The van der Waals surface area contributed by atoms with E-state index in [1.165, 1.54) is 45.1 Å². The number of carbonyl (C=O) groups excluding carboxylic acids is 1. The molecule has 19 heavy (non-hydrogen) atoms. The van der Waals surface area contributed by atoms with Crippen molar-refractivity contribution in [1.29, 1.82) is 0 Å². The largest absolute Gasteiger partial charge is 0.356 e. The highest BCUT2D eigenvalue weighted by molar-refractivity contribution is 5.76. The summed E-state index contributed by atoms with van der Waals surface area (Å²) in [7, 11) is 2.18. The highest BCUT2D eigenvalue weighted by atomic mass is 16.1. The molecule has 2 fully saturated rings. The molecule has 1 heterocycles. The molecule has 0 aromatic rings. The molecule has 1 aliphatic heterocycles. The minimum atomic E-state index is 0.285. The third-order valence-electron chi connectivity index (χ3n) is 4.83. The number of rotatable bonds is 4. The van der Waals surface area contributed by atoms with E-state index >= 15 is 0 Å². The molecule has 110 valence electrons. The lowest BCUT2D eigenvalue weighted by Crippen LogP contribution is -2.39. The summed E-state index contributed by atoms with van der Waals surface area (Å²) in [5.74, 6) is 2.40. The molecule has 0 unspecified atom stereocenters. The van der Waals surface area contributed by atoms with Crippen LogP contribution in [0.15, 0.2) is 0 Å². The van der Waals surface area contributed by atoms with E-state index in [1.807, 2.05) is 0 Å². The zero-order valence-electron chi connectivity index (χ0n) is 12.7. The summed E-state index contributed by atoms with van der Waals surface area (Å²) < 4.78 is 0. The van der Waals surface area contributed by atoms with Crippen LogP contribution < -0.4 is 5.32 Å². The molecule has 1 saturated heterocycles. The van der Waals surface area contributed by atoms with E-state index in [4.69, 9.17) is 0 Å². The standard InChI is InChI=1S/C16H30N2O/c1-13-5-3-6-14(9-13)10-16(19)17-11-15-7-4-8-18(2)12-15/h13-15H,3-12H2,1-2H3,(H,17,19)/t13-,14-,15+/m1/s1. The van der Waals surface area contributed by atoms with Gasteiger partial charge in [-0.3, -0.25) is 4.79 Å². The number of nitrogens with one attached hydrogen (secondary N) is 1. The lowest BCUT2D eigenvalue weighted by molar-refractivity contribution is -0.122. The summed E-state index contributed by atoms with van der Waals surface area (Å²) in [6.45, 7) is 5.55. The molecule has 0 radical (unpaired) electrons. The molecule has 1 aliphatic carbocycles. The first-order chi connectivity index (χ1) is 9.13. The van der Waals surface area contributed by atoms with Crippen molar-refractivity contribution in [3.8, 4) is 0 Å². The van der Waals surface area contributed by atoms with Crippen molar-refractivity contribution in [3.05, 3.63) is 0 Å². The Morgan fingerprint density at radius 2 is 2.00 bits per heavy atom. The summed E-state index contributed by atoms with van der Waals surface area (Å²) in [5.41, 5.74) is 0. The minimum Gasteiger partial charge on any atom is -0.356 e. The number of piperidine rings is 1. The van der Waals surface area contributed by atoms with E-state index in [0.717, 1.165) is 25.4 Å². The molecule has 0 bridgehead atoms. The minimum absolute atomic E-state index is 0.285. The fourth-order valence-corrected chi connectivity index (χ4v) is 3.78. The lowest BCUT2D eigenvalue weighted by atomic mass is 9.81. The van der Waals surface area contributed by atoms with E-state index in [1.54, 1.807) is 0 Å². The Labute approximate surface area is 118 Å². The van der Waals surface area contributed by atoms with Crippen LogP contribution in [0.1, 0.15) is 51.9 Å². The summed E-state index contributed by atoms with van der Waals surface area (Å²) >= 11 is 0. The second kappa shape index (κ2) is 7.28. The lowest BCUT2D eigenvalue weighted by Gasteiger charge is -2.30. The van der Waals surface area contributed by atoms with Gasteiger partial charge in [-0.05, 0) is 57.0 Å². The van der Waals surface area contributed by atoms with Crippen molar-refractivity contribution in [3.63, 3.8) is 0 Å². The Balaban J connectivity index is 1.63. The topological polar surface area (TPSA) is 32.3 Å². The normalized spacial score (nSPS) is 33.1. The molecular weight excluding hydrogens is 236 g/mol. The maximum absolute atomic E-state index is 12.0. The van der Waals surface area contributed by atoms with Crippen LogP contribution in [0.25, 0.3) is 0 Å². The molecule has 1 N–H and O–H groups in total. The first kappa shape index (κ1) is 14.8.